The number of nitrogens with zero attached hydrogens (tertiary/aromatic N) is 1. The molecule has 4 heteroatoms. The summed E-state index contributed by atoms with van der Waals surface area (Å²) in [6.07, 6.45) is 0. The molecule has 80 valence electrons. The van der Waals surface area contributed by atoms with Crippen LogP contribution in [0.3, 0.4) is 0 Å². The lowest BCUT2D eigenvalue weighted by atomic mass is 10.2. The Balaban J connectivity index is 2.69. The van der Waals surface area contributed by atoms with E-state index in [2.05, 4.69) is 17.2 Å². The smallest absolute Gasteiger partial charge is 0.0900 e. The molecule has 14 heavy (non-hydrogen) atoms. The molecular formula is C10H18N2OS. The highest BCUT2D eigenvalue weighted by molar-refractivity contribution is 7.11. The van der Waals surface area contributed by atoms with Gasteiger partial charge in [0, 0.05) is 17.0 Å². The van der Waals surface area contributed by atoms with Gasteiger partial charge in [-0.05, 0) is 27.7 Å². The van der Waals surface area contributed by atoms with Crippen LogP contribution >= 0.6 is 11.3 Å². The maximum absolute atomic E-state index is 8.93. The molecule has 0 aliphatic heterocycles. The van der Waals surface area contributed by atoms with Crippen molar-refractivity contribution >= 4 is 11.3 Å². The molecule has 2 N–H and O–H groups in total. The van der Waals surface area contributed by atoms with Gasteiger partial charge in [-0.25, -0.2) is 4.98 Å². The third-order valence-electron chi connectivity index (χ3n) is 2.14. The van der Waals surface area contributed by atoms with Crippen LogP contribution in [-0.4, -0.2) is 22.7 Å². The fourth-order valence-corrected chi connectivity index (χ4v) is 2.44. The first-order chi connectivity index (χ1) is 6.54. The molecule has 0 aliphatic carbocycles. The van der Waals surface area contributed by atoms with Crippen LogP contribution in [0.1, 0.15) is 35.5 Å². The van der Waals surface area contributed by atoms with Crippen molar-refractivity contribution in [1.82, 2.24) is 10.3 Å². The predicted octanol–water partition coefficient (Wildman–Crippen LogP) is 1.79. The molecule has 0 saturated carbocycles. The molecule has 1 aromatic rings. The van der Waals surface area contributed by atoms with Gasteiger partial charge in [0.15, 0.2) is 0 Å². The summed E-state index contributed by atoms with van der Waals surface area (Å²) in [4.78, 5) is 5.65. The Labute approximate surface area is 89.2 Å². The Kier molecular flexibility index (Phi) is 4.04. The fraction of sp³-hybridized carbons (Fsp3) is 0.700. The quantitative estimate of drug-likeness (QED) is 0.803. The van der Waals surface area contributed by atoms with E-state index in [1.54, 1.807) is 11.3 Å². The second kappa shape index (κ2) is 4.87. The summed E-state index contributed by atoms with van der Waals surface area (Å²) in [6, 6.07) is 0.398. The van der Waals surface area contributed by atoms with E-state index in [1.165, 1.54) is 4.88 Å². The second-order valence-electron chi connectivity index (χ2n) is 3.65. The van der Waals surface area contributed by atoms with Gasteiger partial charge in [0.2, 0.25) is 0 Å². The molecule has 2 atom stereocenters. The number of aromatic nitrogens is 1. The Morgan fingerprint density at radius 3 is 2.50 bits per heavy atom. The zero-order valence-corrected chi connectivity index (χ0v) is 9.98. The topological polar surface area (TPSA) is 45.2 Å². The van der Waals surface area contributed by atoms with E-state index in [-0.39, 0.29) is 18.7 Å². The number of nitrogens with one attached hydrogen (secondary N) is 1. The van der Waals surface area contributed by atoms with Crippen molar-refractivity contribution in [3.63, 3.8) is 0 Å². The number of hydrogen-bond donors (Lipinski definition) is 2. The van der Waals surface area contributed by atoms with Crippen LogP contribution in [0.25, 0.3) is 0 Å². The molecule has 0 amide bonds. The first kappa shape index (κ1) is 11.6. The largest absolute Gasteiger partial charge is 0.395 e. The van der Waals surface area contributed by atoms with Gasteiger partial charge in [-0.3, -0.25) is 0 Å². The molecule has 0 bridgehead atoms. The zero-order valence-electron chi connectivity index (χ0n) is 9.16. The number of hydrogen-bond acceptors (Lipinski definition) is 4. The molecule has 0 radical (unpaired) electrons. The van der Waals surface area contributed by atoms with Gasteiger partial charge in [-0.15, -0.1) is 11.3 Å². The molecule has 0 aromatic carbocycles. The average molecular weight is 214 g/mol. The third-order valence-corrected chi connectivity index (χ3v) is 3.40. The first-order valence-corrected chi connectivity index (χ1v) is 5.67. The summed E-state index contributed by atoms with van der Waals surface area (Å²) in [6.45, 7) is 8.29. The molecule has 1 aromatic heterocycles. The van der Waals surface area contributed by atoms with E-state index in [9.17, 15) is 0 Å². The van der Waals surface area contributed by atoms with E-state index in [1.807, 2.05) is 20.8 Å². The summed E-state index contributed by atoms with van der Waals surface area (Å²) in [5.74, 6) is 0. The number of aliphatic hydroxyl groups is 1. The lowest BCUT2D eigenvalue weighted by molar-refractivity contribution is 0.243. The molecule has 0 fully saturated rings. The Bertz CT molecular complexity index is 298. The summed E-state index contributed by atoms with van der Waals surface area (Å²) < 4.78 is 0. The lowest BCUT2D eigenvalue weighted by Crippen LogP contribution is -2.31. The number of thiazole rings is 1. The number of aliphatic hydroxyl groups excluding tert-OH is 1. The molecule has 1 heterocycles. The van der Waals surface area contributed by atoms with Crippen molar-refractivity contribution in [2.75, 3.05) is 6.61 Å². The van der Waals surface area contributed by atoms with Gasteiger partial charge in [0.05, 0.1) is 17.3 Å². The van der Waals surface area contributed by atoms with Crippen LogP contribution in [0, 0.1) is 13.8 Å². The van der Waals surface area contributed by atoms with Crippen molar-refractivity contribution in [1.29, 1.82) is 0 Å². The van der Waals surface area contributed by atoms with Crippen LogP contribution < -0.4 is 5.32 Å². The van der Waals surface area contributed by atoms with E-state index in [0.717, 1.165) is 10.7 Å². The monoisotopic (exact) mass is 214 g/mol. The van der Waals surface area contributed by atoms with Crippen molar-refractivity contribution in [2.45, 2.75) is 39.8 Å². The van der Waals surface area contributed by atoms with Crippen molar-refractivity contribution in [2.24, 2.45) is 0 Å². The highest BCUT2D eigenvalue weighted by Crippen LogP contribution is 2.24. The van der Waals surface area contributed by atoms with Gasteiger partial charge >= 0.3 is 0 Å². The number of aryl methyl sites for hydroxylation is 2. The molecule has 0 aliphatic rings. The van der Waals surface area contributed by atoms with Gasteiger partial charge in [-0.2, -0.15) is 0 Å². The Morgan fingerprint density at radius 1 is 1.43 bits per heavy atom. The van der Waals surface area contributed by atoms with E-state index < -0.39 is 0 Å². The lowest BCUT2D eigenvalue weighted by Gasteiger charge is -2.17. The van der Waals surface area contributed by atoms with Crippen LogP contribution in [0.4, 0.5) is 0 Å². The minimum atomic E-state index is 0.131. The molecule has 1 unspecified atom stereocenters. The first-order valence-electron chi connectivity index (χ1n) is 4.85. The second-order valence-corrected chi connectivity index (χ2v) is 4.89. The van der Waals surface area contributed by atoms with Crippen molar-refractivity contribution in [3.8, 4) is 0 Å². The molecule has 3 nitrogen and oxygen atoms in total. The minimum Gasteiger partial charge on any atom is -0.395 e. The predicted molar refractivity (Wildman–Crippen MR) is 59.7 cm³/mol. The van der Waals surface area contributed by atoms with Crippen LogP contribution in [-0.2, 0) is 0 Å². The molecule has 0 saturated heterocycles. The van der Waals surface area contributed by atoms with Gasteiger partial charge in [-0.1, -0.05) is 0 Å². The van der Waals surface area contributed by atoms with Crippen molar-refractivity contribution < 1.29 is 5.11 Å². The van der Waals surface area contributed by atoms with Crippen LogP contribution in [0.2, 0.25) is 0 Å². The van der Waals surface area contributed by atoms with Gasteiger partial charge in [0.1, 0.15) is 0 Å². The van der Waals surface area contributed by atoms with Crippen LogP contribution in [0.15, 0.2) is 0 Å². The highest BCUT2D eigenvalue weighted by Gasteiger charge is 2.14. The maximum atomic E-state index is 8.93. The summed E-state index contributed by atoms with van der Waals surface area (Å²) in [5.41, 5.74) is 1.10. The fourth-order valence-electron chi connectivity index (χ4n) is 1.50. The third kappa shape index (κ3) is 2.77. The summed E-state index contributed by atoms with van der Waals surface area (Å²) >= 11 is 1.72. The highest BCUT2D eigenvalue weighted by atomic mass is 32.1. The molecular weight excluding hydrogens is 196 g/mol. The normalized spacial score (nSPS) is 15.5. The Morgan fingerprint density at radius 2 is 2.07 bits per heavy atom. The number of rotatable bonds is 4. The van der Waals surface area contributed by atoms with Gasteiger partial charge in [0.25, 0.3) is 0 Å². The average Bonchev–Trinajstić information content (AvgIpc) is 2.45. The van der Waals surface area contributed by atoms with E-state index in [4.69, 9.17) is 5.11 Å². The Hall–Kier alpha value is -0.450. The zero-order chi connectivity index (χ0) is 10.7. The molecule has 1 rings (SSSR count). The summed E-state index contributed by atoms with van der Waals surface area (Å²) in [7, 11) is 0. The van der Waals surface area contributed by atoms with Crippen molar-refractivity contribution in [3.05, 3.63) is 15.6 Å². The standard InChI is InChI=1S/C10H18N2OS/c1-6(5-13)11-7(2)10-8(3)12-9(4)14-10/h6-7,11,13H,5H2,1-4H3/t6-,7?/m1/s1. The van der Waals surface area contributed by atoms with Crippen LogP contribution in [0.5, 0.6) is 0 Å². The minimum absolute atomic E-state index is 0.131. The maximum Gasteiger partial charge on any atom is 0.0900 e. The van der Waals surface area contributed by atoms with E-state index in [0.29, 0.717) is 0 Å². The molecule has 0 spiro atoms. The summed E-state index contributed by atoms with van der Waals surface area (Å²) in [5, 5.41) is 13.4. The SMILES string of the molecule is Cc1nc(C)c(C(C)N[C@H](C)CO)s1. The van der Waals surface area contributed by atoms with E-state index >= 15 is 0 Å². The van der Waals surface area contributed by atoms with Gasteiger partial charge < -0.3 is 10.4 Å².